The van der Waals surface area contributed by atoms with Crippen LogP contribution in [0.4, 0.5) is 0 Å². The van der Waals surface area contributed by atoms with Gasteiger partial charge in [-0.25, -0.2) is 0 Å². The van der Waals surface area contributed by atoms with E-state index in [0.717, 1.165) is 18.0 Å². The van der Waals surface area contributed by atoms with Crippen LogP contribution in [0, 0.1) is 11.8 Å². The van der Waals surface area contributed by atoms with Crippen molar-refractivity contribution in [1.29, 1.82) is 0 Å². The third kappa shape index (κ3) is 2.16. The summed E-state index contributed by atoms with van der Waals surface area (Å²) in [6.45, 7) is 6.30. The van der Waals surface area contributed by atoms with Gasteiger partial charge in [0.05, 0.1) is 5.52 Å². The first kappa shape index (κ1) is 13.9. The van der Waals surface area contributed by atoms with Crippen molar-refractivity contribution in [3.05, 3.63) is 54.7 Å². The second kappa shape index (κ2) is 5.49. The van der Waals surface area contributed by atoms with E-state index in [0.29, 0.717) is 12.0 Å². The van der Waals surface area contributed by atoms with Crippen molar-refractivity contribution in [3.63, 3.8) is 0 Å². The van der Waals surface area contributed by atoms with Gasteiger partial charge < -0.3 is 5.73 Å². The van der Waals surface area contributed by atoms with Crippen molar-refractivity contribution >= 4 is 10.9 Å². The molecular weight excluding hydrogens is 270 g/mol. The second-order valence-corrected chi connectivity index (χ2v) is 6.69. The molecule has 3 nitrogen and oxygen atoms in total. The van der Waals surface area contributed by atoms with Crippen LogP contribution in [0.25, 0.3) is 10.9 Å². The minimum absolute atomic E-state index is 0.0569. The molecular formula is C19H23N3. The maximum absolute atomic E-state index is 6.71. The van der Waals surface area contributed by atoms with Crippen molar-refractivity contribution in [2.45, 2.75) is 24.9 Å². The number of nitrogens with two attached hydrogens (primary N) is 1. The van der Waals surface area contributed by atoms with Gasteiger partial charge in [0.2, 0.25) is 0 Å². The molecule has 4 heterocycles. The van der Waals surface area contributed by atoms with Gasteiger partial charge in [0, 0.05) is 30.2 Å². The van der Waals surface area contributed by atoms with Crippen LogP contribution in [-0.2, 0) is 0 Å². The molecule has 5 atom stereocenters. The van der Waals surface area contributed by atoms with Crippen LogP contribution in [0.3, 0.4) is 0 Å². The van der Waals surface area contributed by atoms with E-state index in [1.165, 1.54) is 30.3 Å². The van der Waals surface area contributed by atoms with E-state index >= 15 is 0 Å². The number of piperidine rings is 3. The average molecular weight is 293 g/mol. The first-order chi connectivity index (χ1) is 10.8. The van der Waals surface area contributed by atoms with E-state index in [9.17, 15) is 0 Å². The van der Waals surface area contributed by atoms with Gasteiger partial charge >= 0.3 is 0 Å². The molecule has 3 heteroatoms. The van der Waals surface area contributed by atoms with E-state index in [-0.39, 0.29) is 6.04 Å². The smallest absolute Gasteiger partial charge is 0.0705 e. The van der Waals surface area contributed by atoms with Gasteiger partial charge in [0.25, 0.3) is 0 Å². The van der Waals surface area contributed by atoms with E-state index in [1.54, 1.807) is 0 Å². The maximum Gasteiger partial charge on any atom is 0.0705 e. The van der Waals surface area contributed by atoms with Crippen LogP contribution < -0.4 is 5.73 Å². The molecule has 0 amide bonds. The van der Waals surface area contributed by atoms with Gasteiger partial charge in [-0.3, -0.25) is 9.88 Å². The van der Waals surface area contributed by atoms with Crippen molar-refractivity contribution in [2.24, 2.45) is 17.6 Å². The molecule has 1 unspecified atom stereocenters. The lowest BCUT2D eigenvalue weighted by molar-refractivity contribution is 0.00749. The number of para-hydroxylation sites is 1. The number of aromatic nitrogens is 1. The zero-order valence-corrected chi connectivity index (χ0v) is 12.9. The third-order valence-electron chi connectivity index (χ3n) is 5.61. The van der Waals surface area contributed by atoms with Crippen LogP contribution in [-0.4, -0.2) is 29.0 Å². The Labute approximate surface area is 131 Å². The second-order valence-electron chi connectivity index (χ2n) is 6.69. The summed E-state index contributed by atoms with van der Waals surface area (Å²) in [6, 6.07) is 10.9. The zero-order valence-electron chi connectivity index (χ0n) is 12.9. The number of benzene rings is 1. The topological polar surface area (TPSA) is 42.1 Å². The summed E-state index contributed by atoms with van der Waals surface area (Å²) in [5.74, 6) is 1.40. The highest BCUT2D eigenvalue weighted by Gasteiger charge is 2.41. The highest BCUT2D eigenvalue weighted by Crippen LogP contribution is 2.41. The Morgan fingerprint density at radius 3 is 2.95 bits per heavy atom. The first-order valence-electron chi connectivity index (χ1n) is 8.24. The molecule has 22 heavy (non-hydrogen) atoms. The number of hydrogen-bond acceptors (Lipinski definition) is 3. The van der Waals surface area contributed by atoms with Gasteiger partial charge in [0.1, 0.15) is 0 Å². The summed E-state index contributed by atoms with van der Waals surface area (Å²) in [5.41, 5.74) is 8.99. The molecule has 2 N–H and O–H groups in total. The Bertz CT molecular complexity index is 691. The Kier molecular flexibility index (Phi) is 3.47. The molecule has 0 radical (unpaired) electrons. The predicted octanol–water partition coefficient (Wildman–Crippen LogP) is 3.13. The molecule has 3 aliphatic rings. The van der Waals surface area contributed by atoms with Gasteiger partial charge in [-0.1, -0.05) is 24.3 Å². The minimum Gasteiger partial charge on any atom is -0.323 e. The summed E-state index contributed by atoms with van der Waals surface area (Å²) in [4.78, 5) is 7.04. The normalized spacial score (nSPS) is 32.0. The monoisotopic (exact) mass is 293 g/mol. The Morgan fingerprint density at radius 2 is 2.18 bits per heavy atom. The number of hydrogen-bond donors (Lipinski definition) is 1. The van der Waals surface area contributed by atoms with Crippen LogP contribution in [0.15, 0.2) is 49.2 Å². The number of pyridine rings is 1. The van der Waals surface area contributed by atoms with Crippen LogP contribution in [0.5, 0.6) is 0 Å². The highest BCUT2D eigenvalue weighted by atomic mass is 15.2. The Balaban J connectivity index is 1.67. The summed E-state index contributed by atoms with van der Waals surface area (Å²) in [6.07, 6.45) is 6.51. The summed E-state index contributed by atoms with van der Waals surface area (Å²) in [7, 11) is 0. The lowest BCUT2D eigenvalue weighted by atomic mass is 9.73. The van der Waals surface area contributed by atoms with Gasteiger partial charge in [-0.15, -0.1) is 6.58 Å². The lowest BCUT2D eigenvalue weighted by Gasteiger charge is -2.51. The fraction of sp³-hybridized carbons (Fsp3) is 0.421. The van der Waals surface area contributed by atoms with Gasteiger partial charge in [0.15, 0.2) is 0 Å². The number of fused-ring (bicyclic) bond motifs is 4. The van der Waals surface area contributed by atoms with Crippen molar-refractivity contribution in [2.75, 3.05) is 13.1 Å². The van der Waals surface area contributed by atoms with Crippen LogP contribution in [0.2, 0.25) is 0 Å². The standard InChI is InChI=1S/C19H23N3/c1-2-13-12-22-10-8-14(13)11-18(22)19(20)16-7-9-21-17-6-4-3-5-15(16)17/h2-7,9,13-14,18-19H,1,8,10-12,20H2/t13-,14+,18-,19-/m1/s1. The predicted molar refractivity (Wildman–Crippen MR) is 90.4 cm³/mol. The summed E-state index contributed by atoms with van der Waals surface area (Å²) < 4.78 is 0. The average Bonchev–Trinajstić information content (AvgIpc) is 2.60. The molecule has 0 aliphatic carbocycles. The maximum atomic E-state index is 6.71. The van der Waals surface area contributed by atoms with E-state index < -0.39 is 0 Å². The fourth-order valence-corrected chi connectivity index (χ4v) is 4.37. The van der Waals surface area contributed by atoms with E-state index in [4.69, 9.17) is 5.73 Å². The SMILES string of the molecule is C=C[C@@H]1CN2CC[C@H]1C[C@@H]2[C@H](N)c1ccnc2ccccc12. The van der Waals surface area contributed by atoms with E-state index in [2.05, 4.69) is 46.8 Å². The molecule has 3 saturated heterocycles. The van der Waals surface area contributed by atoms with Crippen molar-refractivity contribution in [1.82, 2.24) is 9.88 Å². The first-order valence-corrected chi connectivity index (χ1v) is 8.24. The molecule has 0 saturated carbocycles. The summed E-state index contributed by atoms with van der Waals surface area (Å²) in [5, 5.41) is 1.19. The third-order valence-corrected chi connectivity index (χ3v) is 5.61. The molecule has 0 spiro atoms. The molecule has 2 aromatic rings. The van der Waals surface area contributed by atoms with Crippen molar-refractivity contribution < 1.29 is 0 Å². The fourth-order valence-electron chi connectivity index (χ4n) is 4.37. The quantitative estimate of drug-likeness (QED) is 0.884. The van der Waals surface area contributed by atoms with Gasteiger partial charge in [-0.2, -0.15) is 0 Å². The number of rotatable bonds is 3. The largest absolute Gasteiger partial charge is 0.323 e. The van der Waals surface area contributed by atoms with E-state index in [1.807, 2.05) is 12.3 Å². The highest BCUT2D eigenvalue weighted by molar-refractivity contribution is 5.82. The summed E-state index contributed by atoms with van der Waals surface area (Å²) >= 11 is 0. The van der Waals surface area contributed by atoms with Gasteiger partial charge in [-0.05, 0) is 48.9 Å². The molecule has 1 aromatic carbocycles. The molecule has 3 aliphatic heterocycles. The molecule has 114 valence electrons. The zero-order chi connectivity index (χ0) is 15.1. The minimum atomic E-state index is 0.0569. The molecule has 2 bridgehead atoms. The van der Waals surface area contributed by atoms with Crippen molar-refractivity contribution in [3.8, 4) is 0 Å². The van der Waals surface area contributed by atoms with Crippen LogP contribution in [0.1, 0.15) is 24.4 Å². The molecule has 3 fully saturated rings. The Morgan fingerprint density at radius 1 is 1.32 bits per heavy atom. The lowest BCUT2D eigenvalue weighted by Crippen LogP contribution is -2.56. The van der Waals surface area contributed by atoms with Crippen LogP contribution >= 0.6 is 0 Å². The molecule has 5 rings (SSSR count). The molecule has 1 aromatic heterocycles. The number of nitrogens with zero attached hydrogens (tertiary/aromatic N) is 2. The Hall–Kier alpha value is -1.71.